The molecule has 1 amide bonds. The number of hydrogen-bond acceptors (Lipinski definition) is 5. The fourth-order valence-corrected chi connectivity index (χ4v) is 4.14. The third-order valence-corrected chi connectivity index (χ3v) is 5.59. The maximum absolute atomic E-state index is 13.6. The number of amides is 1. The van der Waals surface area contributed by atoms with E-state index >= 15 is 0 Å². The van der Waals surface area contributed by atoms with Crippen LogP contribution in [0.2, 0.25) is 0 Å². The molecule has 2 aromatic carbocycles. The number of nitrogens with one attached hydrogen (secondary N) is 1. The van der Waals surface area contributed by atoms with Crippen LogP contribution in [0.25, 0.3) is 10.9 Å². The zero-order valence-electron chi connectivity index (χ0n) is 17.5. The number of fused-ring (bicyclic) bond motifs is 2. The van der Waals surface area contributed by atoms with Crippen LogP contribution in [0.5, 0.6) is 0 Å². The van der Waals surface area contributed by atoms with Crippen LogP contribution in [0, 0.1) is 12.7 Å². The lowest BCUT2D eigenvalue weighted by molar-refractivity contribution is 0.100. The van der Waals surface area contributed by atoms with E-state index in [-0.39, 0.29) is 5.82 Å². The Hall–Kier alpha value is -3.78. The van der Waals surface area contributed by atoms with Crippen LogP contribution in [-0.2, 0) is 11.3 Å². The molecule has 8 heteroatoms. The number of carbonyl (C=O) groups excluding carboxylic acids is 1. The molecule has 0 fully saturated rings. The Morgan fingerprint density at radius 1 is 1.28 bits per heavy atom. The molecule has 1 unspecified atom stereocenters. The molecule has 3 heterocycles. The molecule has 0 aliphatic carbocycles. The fraction of sp³-hybridized carbons (Fsp3) is 0.208. The van der Waals surface area contributed by atoms with Crippen LogP contribution in [0.4, 0.5) is 4.39 Å². The largest absolute Gasteiger partial charge is 0.477 e. The third kappa shape index (κ3) is 3.58. The topological polar surface area (TPSA) is 94.0 Å². The summed E-state index contributed by atoms with van der Waals surface area (Å²) in [5.41, 5.74) is 9.34. The average molecular weight is 431 g/mol. The average Bonchev–Trinajstić information content (AvgIpc) is 3.13. The Morgan fingerprint density at radius 2 is 2.12 bits per heavy atom. The Bertz CT molecular complexity index is 1320. The lowest BCUT2D eigenvalue weighted by atomic mass is 10.1. The van der Waals surface area contributed by atoms with E-state index in [0.29, 0.717) is 30.6 Å². The summed E-state index contributed by atoms with van der Waals surface area (Å²) in [4.78, 5) is 21.4. The molecule has 3 N–H and O–H groups in total. The van der Waals surface area contributed by atoms with Gasteiger partial charge in [-0.2, -0.15) is 4.99 Å². The van der Waals surface area contributed by atoms with Crippen LogP contribution >= 0.6 is 0 Å². The molecule has 0 spiro atoms. The highest BCUT2D eigenvalue weighted by Gasteiger charge is 2.29. The summed E-state index contributed by atoms with van der Waals surface area (Å²) in [7, 11) is 0. The Balaban J connectivity index is 1.56. The fourth-order valence-electron chi connectivity index (χ4n) is 4.14. The van der Waals surface area contributed by atoms with Crippen LogP contribution in [0.3, 0.4) is 0 Å². The van der Waals surface area contributed by atoms with Crippen molar-refractivity contribution in [2.75, 3.05) is 6.61 Å². The van der Waals surface area contributed by atoms with Gasteiger partial charge >= 0.3 is 0 Å². The first-order chi connectivity index (χ1) is 15.5. The van der Waals surface area contributed by atoms with Gasteiger partial charge in [-0.15, -0.1) is 0 Å². The summed E-state index contributed by atoms with van der Waals surface area (Å²) in [5, 5.41) is 4.13. The molecule has 3 aromatic rings. The second-order valence-electron chi connectivity index (χ2n) is 7.78. The minimum absolute atomic E-state index is 0.278. The van der Waals surface area contributed by atoms with Crippen molar-refractivity contribution in [1.82, 2.24) is 9.88 Å². The minimum Gasteiger partial charge on any atom is -0.477 e. The van der Waals surface area contributed by atoms with Gasteiger partial charge in [0.15, 0.2) is 0 Å². The molecular weight excluding hydrogens is 409 g/mol. The number of primary amides is 1. The predicted molar refractivity (Wildman–Crippen MR) is 121 cm³/mol. The van der Waals surface area contributed by atoms with Gasteiger partial charge in [-0.3, -0.25) is 14.7 Å². The van der Waals surface area contributed by atoms with E-state index in [9.17, 15) is 9.18 Å². The number of benzene rings is 2. The number of nitrogens with two attached hydrogens (primary N) is 1. The van der Waals surface area contributed by atoms with Crippen molar-refractivity contribution < 1.29 is 13.9 Å². The second-order valence-corrected chi connectivity index (χ2v) is 7.78. The van der Waals surface area contributed by atoms with Gasteiger partial charge in [-0.05, 0) is 42.8 Å². The van der Waals surface area contributed by atoms with Crippen molar-refractivity contribution in [2.24, 2.45) is 15.7 Å². The number of nitrogens with zero attached hydrogens (tertiary/aromatic N) is 3. The van der Waals surface area contributed by atoms with Crippen molar-refractivity contribution >= 4 is 28.7 Å². The predicted octanol–water partition coefficient (Wildman–Crippen LogP) is 3.27. The van der Waals surface area contributed by atoms with Gasteiger partial charge in [0.05, 0.1) is 12.1 Å². The number of aryl methyl sites for hydroxylation is 1. The maximum atomic E-state index is 13.6. The first-order valence-corrected chi connectivity index (χ1v) is 10.4. The molecule has 0 radical (unpaired) electrons. The van der Waals surface area contributed by atoms with Gasteiger partial charge in [-0.25, -0.2) is 9.38 Å². The summed E-state index contributed by atoms with van der Waals surface area (Å²) >= 11 is 0. The van der Waals surface area contributed by atoms with E-state index < -0.39 is 12.1 Å². The van der Waals surface area contributed by atoms with Crippen LogP contribution < -0.4 is 11.1 Å². The summed E-state index contributed by atoms with van der Waals surface area (Å²) in [6.45, 7) is 2.90. The molecule has 7 nitrogen and oxygen atoms in total. The Kier molecular flexibility index (Phi) is 5.07. The van der Waals surface area contributed by atoms with Crippen molar-refractivity contribution in [3.8, 4) is 0 Å². The number of aliphatic imine (C=N–C) groups is 2. The third-order valence-electron chi connectivity index (χ3n) is 5.59. The lowest BCUT2D eigenvalue weighted by Crippen LogP contribution is -2.39. The SMILES string of the molecule is Cc1cc2c(C(N)=O)cccc2n1C1=NC(NCc2cccc(F)c2)C2=CCCOC2=N1. The van der Waals surface area contributed by atoms with Crippen molar-refractivity contribution in [1.29, 1.82) is 0 Å². The monoisotopic (exact) mass is 431 g/mol. The van der Waals surface area contributed by atoms with Crippen molar-refractivity contribution in [2.45, 2.75) is 26.1 Å². The number of aromatic nitrogens is 1. The molecule has 0 bridgehead atoms. The zero-order valence-corrected chi connectivity index (χ0v) is 17.5. The molecule has 32 heavy (non-hydrogen) atoms. The van der Waals surface area contributed by atoms with E-state index in [2.05, 4.69) is 16.4 Å². The second kappa shape index (κ2) is 8.05. The standard InChI is InChI=1S/C24H22FN5O2/c1-14-11-19-17(21(26)31)7-3-9-20(19)30(14)24-28-22(18-8-4-10-32-23(18)29-24)27-13-15-5-2-6-16(25)12-15/h2-3,5-9,11-12,22,27H,4,10,13H2,1H3,(H2,26,31). The number of carbonyl (C=O) groups is 1. The molecule has 162 valence electrons. The molecule has 0 saturated heterocycles. The lowest BCUT2D eigenvalue weighted by Gasteiger charge is -2.27. The first kappa shape index (κ1) is 20.1. The summed E-state index contributed by atoms with van der Waals surface area (Å²) in [6, 6.07) is 13.8. The van der Waals surface area contributed by atoms with Gasteiger partial charge in [0.2, 0.25) is 17.8 Å². The smallest absolute Gasteiger partial charge is 0.249 e. The molecule has 1 atom stereocenters. The highest BCUT2D eigenvalue weighted by atomic mass is 19.1. The minimum atomic E-state index is -0.486. The first-order valence-electron chi connectivity index (χ1n) is 10.4. The number of halogens is 1. The van der Waals surface area contributed by atoms with Crippen LogP contribution in [0.15, 0.2) is 70.2 Å². The molecule has 2 aliphatic heterocycles. The number of rotatable bonds is 4. The van der Waals surface area contributed by atoms with Gasteiger partial charge in [-0.1, -0.05) is 24.3 Å². The summed E-state index contributed by atoms with van der Waals surface area (Å²) in [6.07, 6.45) is 2.43. The summed E-state index contributed by atoms with van der Waals surface area (Å²) < 4.78 is 21.3. The molecule has 5 rings (SSSR count). The molecular formula is C24H22FN5O2. The Labute approximate surface area is 184 Å². The van der Waals surface area contributed by atoms with E-state index in [1.807, 2.05) is 29.7 Å². The molecule has 0 saturated carbocycles. The van der Waals surface area contributed by atoms with E-state index in [4.69, 9.17) is 15.5 Å². The quantitative estimate of drug-likeness (QED) is 0.664. The van der Waals surface area contributed by atoms with Crippen LogP contribution in [0.1, 0.15) is 28.0 Å². The number of ether oxygens (including phenoxy) is 1. The van der Waals surface area contributed by atoms with Gasteiger partial charge in [0.25, 0.3) is 0 Å². The van der Waals surface area contributed by atoms with E-state index in [1.165, 1.54) is 12.1 Å². The van der Waals surface area contributed by atoms with E-state index in [0.717, 1.165) is 34.2 Å². The summed E-state index contributed by atoms with van der Waals surface area (Å²) in [5.74, 6) is 0.203. The highest BCUT2D eigenvalue weighted by Crippen LogP contribution is 2.26. The van der Waals surface area contributed by atoms with Crippen molar-refractivity contribution in [3.63, 3.8) is 0 Å². The normalized spacial score (nSPS) is 17.8. The van der Waals surface area contributed by atoms with E-state index in [1.54, 1.807) is 18.2 Å². The number of hydrogen-bond donors (Lipinski definition) is 2. The van der Waals surface area contributed by atoms with Crippen molar-refractivity contribution in [3.05, 3.63) is 82.8 Å². The molecule has 1 aromatic heterocycles. The zero-order chi connectivity index (χ0) is 22.2. The van der Waals surface area contributed by atoms with Gasteiger partial charge in [0, 0.05) is 35.2 Å². The molecule has 2 aliphatic rings. The highest BCUT2D eigenvalue weighted by molar-refractivity contribution is 6.11. The Morgan fingerprint density at radius 3 is 2.94 bits per heavy atom. The van der Waals surface area contributed by atoms with Gasteiger partial charge in [0.1, 0.15) is 12.0 Å². The maximum Gasteiger partial charge on any atom is 0.249 e. The van der Waals surface area contributed by atoms with Gasteiger partial charge < -0.3 is 10.5 Å². The van der Waals surface area contributed by atoms with Crippen LogP contribution in [-0.4, -0.2) is 35.1 Å².